The summed E-state index contributed by atoms with van der Waals surface area (Å²) in [4.78, 5) is 18.9. The number of hydrogen-bond acceptors (Lipinski definition) is 5. The van der Waals surface area contributed by atoms with E-state index in [1.165, 1.54) is 17.3 Å². The van der Waals surface area contributed by atoms with E-state index in [0.29, 0.717) is 17.5 Å². The number of anilines is 1. The van der Waals surface area contributed by atoms with E-state index in [9.17, 15) is 4.79 Å². The predicted octanol–water partition coefficient (Wildman–Crippen LogP) is 3.60. The van der Waals surface area contributed by atoms with Crippen molar-refractivity contribution in [2.45, 2.75) is 31.1 Å². The Balaban J connectivity index is 1.53. The number of rotatable bonds is 6. The highest BCUT2D eigenvalue weighted by atomic mass is 32.2. The summed E-state index contributed by atoms with van der Waals surface area (Å²) < 4.78 is 1.97. The molecule has 28 heavy (non-hydrogen) atoms. The molecule has 142 valence electrons. The third-order valence-electron chi connectivity index (χ3n) is 4.77. The SMILES string of the molecule is C=CCn1c(SCC(=O)N2c3ccccc3CC2C)nnc1-c1ccncc1. The number of amides is 1. The number of carbonyl (C=O) groups is 1. The van der Waals surface area contributed by atoms with Crippen molar-refractivity contribution < 1.29 is 4.79 Å². The van der Waals surface area contributed by atoms with Gasteiger partial charge in [0, 0.05) is 36.2 Å². The molecule has 1 aromatic carbocycles. The predicted molar refractivity (Wildman–Crippen MR) is 111 cm³/mol. The van der Waals surface area contributed by atoms with Crippen LogP contribution in [-0.4, -0.2) is 37.5 Å². The number of thioether (sulfide) groups is 1. The lowest BCUT2D eigenvalue weighted by molar-refractivity contribution is -0.116. The van der Waals surface area contributed by atoms with Crippen LogP contribution in [0.4, 0.5) is 5.69 Å². The Hall–Kier alpha value is -2.93. The van der Waals surface area contributed by atoms with Gasteiger partial charge in [0.25, 0.3) is 0 Å². The van der Waals surface area contributed by atoms with Gasteiger partial charge >= 0.3 is 0 Å². The maximum atomic E-state index is 13.0. The highest BCUT2D eigenvalue weighted by molar-refractivity contribution is 7.99. The summed E-state index contributed by atoms with van der Waals surface area (Å²) in [6, 6.07) is 12.1. The highest BCUT2D eigenvalue weighted by Crippen LogP contribution is 2.33. The minimum atomic E-state index is 0.0843. The molecule has 0 saturated heterocycles. The Morgan fingerprint density at radius 1 is 1.25 bits per heavy atom. The summed E-state index contributed by atoms with van der Waals surface area (Å²) in [6.07, 6.45) is 6.15. The number of nitrogens with zero attached hydrogens (tertiary/aromatic N) is 5. The number of aromatic nitrogens is 4. The normalized spacial score (nSPS) is 15.5. The van der Waals surface area contributed by atoms with Gasteiger partial charge in [0.15, 0.2) is 11.0 Å². The molecule has 0 bridgehead atoms. The topological polar surface area (TPSA) is 63.9 Å². The van der Waals surface area contributed by atoms with Crippen molar-refractivity contribution in [1.82, 2.24) is 19.7 Å². The highest BCUT2D eigenvalue weighted by Gasteiger charge is 2.30. The number of fused-ring (bicyclic) bond motifs is 1. The van der Waals surface area contributed by atoms with Gasteiger partial charge in [-0.3, -0.25) is 14.3 Å². The van der Waals surface area contributed by atoms with E-state index in [0.717, 1.165) is 23.5 Å². The number of carbonyl (C=O) groups excluding carboxylic acids is 1. The van der Waals surface area contributed by atoms with Crippen molar-refractivity contribution in [3.05, 3.63) is 67.0 Å². The van der Waals surface area contributed by atoms with Crippen LogP contribution in [-0.2, 0) is 17.8 Å². The van der Waals surface area contributed by atoms with Gasteiger partial charge in [-0.25, -0.2) is 0 Å². The van der Waals surface area contributed by atoms with Crippen LogP contribution < -0.4 is 4.90 Å². The molecule has 2 aromatic heterocycles. The first-order chi connectivity index (χ1) is 13.7. The fourth-order valence-corrected chi connectivity index (χ4v) is 4.35. The molecular formula is C21H21N5OS. The van der Waals surface area contributed by atoms with Crippen LogP contribution in [0.15, 0.2) is 66.6 Å². The smallest absolute Gasteiger partial charge is 0.237 e. The van der Waals surface area contributed by atoms with Crippen LogP contribution in [0.1, 0.15) is 12.5 Å². The van der Waals surface area contributed by atoms with Gasteiger partial charge in [-0.1, -0.05) is 36.0 Å². The van der Waals surface area contributed by atoms with E-state index in [2.05, 4.69) is 34.8 Å². The summed E-state index contributed by atoms with van der Waals surface area (Å²) in [6.45, 7) is 6.49. The van der Waals surface area contributed by atoms with E-state index in [4.69, 9.17) is 0 Å². The molecule has 1 amide bonds. The summed E-state index contributed by atoms with van der Waals surface area (Å²) >= 11 is 1.41. The van der Waals surface area contributed by atoms with Crippen LogP contribution in [0.3, 0.4) is 0 Å². The Labute approximate surface area is 168 Å². The first-order valence-corrected chi connectivity index (χ1v) is 10.1. The number of benzene rings is 1. The lowest BCUT2D eigenvalue weighted by Gasteiger charge is -2.22. The molecule has 1 unspecified atom stereocenters. The molecule has 0 radical (unpaired) electrons. The van der Waals surface area contributed by atoms with Crippen LogP contribution in [0.25, 0.3) is 11.4 Å². The van der Waals surface area contributed by atoms with Crippen LogP contribution in [0.5, 0.6) is 0 Å². The Morgan fingerprint density at radius 2 is 2.04 bits per heavy atom. The zero-order valence-corrected chi connectivity index (χ0v) is 16.5. The van der Waals surface area contributed by atoms with Gasteiger partial charge in [0.05, 0.1) is 5.75 Å². The molecule has 0 spiro atoms. The molecule has 6 nitrogen and oxygen atoms in total. The monoisotopic (exact) mass is 391 g/mol. The van der Waals surface area contributed by atoms with Crippen LogP contribution in [0, 0.1) is 0 Å². The third-order valence-corrected chi connectivity index (χ3v) is 5.72. The fourth-order valence-electron chi connectivity index (χ4n) is 3.55. The maximum Gasteiger partial charge on any atom is 0.237 e. The Kier molecular flexibility index (Phi) is 5.25. The lowest BCUT2D eigenvalue weighted by Crippen LogP contribution is -2.37. The van der Waals surface area contributed by atoms with E-state index >= 15 is 0 Å². The summed E-state index contributed by atoms with van der Waals surface area (Å²) in [5.41, 5.74) is 3.18. The number of pyridine rings is 1. The molecule has 4 rings (SSSR count). The molecule has 0 aliphatic carbocycles. The quantitative estimate of drug-likeness (QED) is 0.475. The molecule has 0 saturated carbocycles. The van der Waals surface area contributed by atoms with Crippen LogP contribution >= 0.6 is 11.8 Å². The number of allylic oxidation sites excluding steroid dienone is 1. The van der Waals surface area contributed by atoms with Crippen molar-refractivity contribution in [3.8, 4) is 11.4 Å². The van der Waals surface area contributed by atoms with Crippen molar-refractivity contribution in [2.24, 2.45) is 0 Å². The molecule has 3 aromatic rings. The average Bonchev–Trinajstić information content (AvgIpc) is 3.27. The van der Waals surface area contributed by atoms with Crippen molar-refractivity contribution in [1.29, 1.82) is 0 Å². The summed E-state index contributed by atoms with van der Waals surface area (Å²) in [5, 5.41) is 9.34. The Bertz CT molecular complexity index is 1000. The van der Waals surface area contributed by atoms with Crippen molar-refractivity contribution in [3.63, 3.8) is 0 Å². The van der Waals surface area contributed by atoms with Gasteiger partial charge in [0.1, 0.15) is 0 Å². The molecule has 1 aliphatic heterocycles. The second-order valence-electron chi connectivity index (χ2n) is 6.68. The van der Waals surface area contributed by atoms with Crippen LogP contribution in [0.2, 0.25) is 0 Å². The molecule has 1 atom stereocenters. The second-order valence-corrected chi connectivity index (χ2v) is 7.62. The minimum Gasteiger partial charge on any atom is -0.308 e. The second kappa shape index (κ2) is 7.98. The zero-order chi connectivity index (χ0) is 19.5. The van der Waals surface area contributed by atoms with Gasteiger partial charge < -0.3 is 4.90 Å². The largest absolute Gasteiger partial charge is 0.308 e. The molecule has 7 heteroatoms. The first kappa shape index (κ1) is 18.4. The summed E-state index contributed by atoms with van der Waals surface area (Å²) in [7, 11) is 0. The molecule has 0 N–H and O–H groups in total. The lowest BCUT2D eigenvalue weighted by atomic mass is 10.1. The average molecular weight is 392 g/mol. The molecule has 0 fully saturated rings. The van der Waals surface area contributed by atoms with Crippen molar-refractivity contribution in [2.75, 3.05) is 10.7 Å². The van der Waals surface area contributed by atoms with Gasteiger partial charge in [-0.05, 0) is 37.1 Å². The fraction of sp³-hybridized carbons (Fsp3) is 0.238. The molecule has 3 heterocycles. The van der Waals surface area contributed by atoms with Gasteiger partial charge in [-0.15, -0.1) is 16.8 Å². The number of hydrogen-bond donors (Lipinski definition) is 0. The van der Waals surface area contributed by atoms with Crippen molar-refractivity contribution >= 4 is 23.4 Å². The Morgan fingerprint density at radius 3 is 2.82 bits per heavy atom. The van der Waals surface area contributed by atoms with E-state index in [1.807, 2.05) is 39.8 Å². The minimum absolute atomic E-state index is 0.0843. The first-order valence-electron chi connectivity index (χ1n) is 9.16. The standard InChI is InChI=1S/C21H21N5OS/c1-3-12-25-20(16-8-10-22-11-9-16)23-24-21(25)28-14-19(27)26-15(2)13-17-6-4-5-7-18(17)26/h3-11,15H,1,12-14H2,2H3. The molecular weight excluding hydrogens is 370 g/mol. The number of para-hydroxylation sites is 1. The van der Waals surface area contributed by atoms with Gasteiger partial charge in [-0.2, -0.15) is 0 Å². The van der Waals surface area contributed by atoms with Gasteiger partial charge in [0.2, 0.25) is 5.91 Å². The maximum absolute atomic E-state index is 13.0. The third kappa shape index (κ3) is 3.45. The van der Waals surface area contributed by atoms with E-state index in [-0.39, 0.29) is 11.9 Å². The summed E-state index contributed by atoms with van der Waals surface area (Å²) in [5.74, 6) is 1.14. The zero-order valence-electron chi connectivity index (χ0n) is 15.7. The molecule has 1 aliphatic rings. The van der Waals surface area contributed by atoms with E-state index in [1.54, 1.807) is 18.5 Å². The van der Waals surface area contributed by atoms with E-state index < -0.39 is 0 Å².